The van der Waals surface area contributed by atoms with Gasteiger partial charge in [0.25, 0.3) is 0 Å². The van der Waals surface area contributed by atoms with Gasteiger partial charge in [-0.1, -0.05) is 0 Å². The molecule has 5 nitrogen and oxygen atoms in total. The molecule has 1 aromatic carbocycles. The quantitative estimate of drug-likeness (QED) is 0.767. The molecule has 0 saturated carbocycles. The van der Waals surface area contributed by atoms with Crippen LogP contribution in [0.15, 0.2) is 21.1 Å². The summed E-state index contributed by atoms with van der Waals surface area (Å²) in [7, 11) is 1.61. The molecule has 0 atom stereocenters. The lowest BCUT2D eigenvalue weighted by Crippen LogP contribution is -2.41. The van der Waals surface area contributed by atoms with Gasteiger partial charge < -0.3 is 20.1 Å². The fourth-order valence-corrected chi connectivity index (χ4v) is 3.41. The zero-order valence-electron chi connectivity index (χ0n) is 11.7. The van der Waals surface area contributed by atoms with Crippen molar-refractivity contribution in [3.63, 3.8) is 0 Å². The van der Waals surface area contributed by atoms with Crippen molar-refractivity contribution in [2.24, 2.45) is 0 Å². The maximum atomic E-state index is 11.9. The number of nitrogens with one attached hydrogen (secondary N) is 2. The number of hydrogen-bond acceptors (Lipinski definition) is 4. The molecule has 1 amide bonds. The lowest BCUT2D eigenvalue weighted by molar-refractivity contribution is -0.120. The van der Waals surface area contributed by atoms with Crippen molar-refractivity contribution in [3.05, 3.63) is 21.1 Å². The molecule has 1 aliphatic rings. The van der Waals surface area contributed by atoms with Crippen LogP contribution in [0.4, 0.5) is 5.69 Å². The smallest absolute Gasteiger partial charge is 0.239 e. The van der Waals surface area contributed by atoms with E-state index in [9.17, 15) is 4.79 Å². The van der Waals surface area contributed by atoms with Crippen LogP contribution in [-0.2, 0) is 9.53 Å². The first-order chi connectivity index (χ1) is 10.1. The van der Waals surface area contributed by atoms with Gasteiger partial charge in [-0.3, -0.25) is 4.79 Å². The van der Waals surface area contributed by atoms with E-state index in [0.29, 0.717) is 19.0 Å². The second kappa shape index (κ2) is 8.00. The normalized spacial score (nSPS) is 15.6. The standard InChI is InChI=1S/C14H18Br2N2O3/c1-20-13-7-12(10(15)6-11(13)16)17-8-14(19)18-9-2-4-21-5-3-9/h6-7,9,17H,2-5,8H2,1H3,(H,18,19). The number of methoxy groups -OCH3 is 1. The van der Waals surface area contributed by atoms with Gasteiger partial charge in [-0.05, 0) is 50.8 Å². The Bertz CT molecular complexity index is 505. The predicted octanol–water partition coefficient (Wildman–Crippen LogP) is 2.93. The zero-order valence-corrected chi connectivity index (χ0v) is 14.9. The van der Waals surface area contributed by atoms with Crippen molar-refractivity contribution in [2.45, 2.75) is 18.9 Å². The van der Waals surface area contributed by atoms with Gasteiger partial charge in [-0.15, -0.1) is 0 Å². The van der Waals surface area contributed by atoms with Crippen LogP contribution in [0, 0.1) is 0 Å². The highest BCUT2D eigenvalue weighted by molar-refractivity contribution is 9.11. The average Bonchev–Trinajstić information content (AvgIpc) is 2.47. The molecule has 0 aromatic heterocycles. The summed E-state index contributed by atoms with van der Waals surface area (Å²) < 4.78 is 12.2. The van der Waals surface area contributed by atoms with Crippen molar-refractivity contribution < 1.29 is 14.3 Å². The van der Waals surface area contributed by atoms with Crippen LogP contribution in [0.5, 0.6) is 5.75 Å². The van der Waals surface area contributed by atoms with Crippen molar-refractivity contribution in [1.29, 1.82) is 0 Å². The second-order valence-electron chi connectivity index (χ2n) is 4.77. The van der Waals surface area contributed by atoms with Gasteiger partial charge in [0, 0.05) is 29.8 Å². The Morgan fingerprint density at radius 1 is 1.33 bits per heavy atom. The molecule has 0 aliphatic carbocycles. The van der Waals surface area contributed by atoms with Crippen LogP contribution in [0.25, 0.3) is 0 Å². The molecule has 116 valence electrons. The predicted molar refractivity (Wildman–Crippen MR) is 88.9 cm³/mol. The molecule has 2 rings (SSSR count). The van der Waals surface area contributed by atoms with Crippen LogP contribution in [-0.4, -0.2) is 38.8 Å². The van der Waals surface area contributed by atoms with E-state index >= 15 is 0 Å². The monoisotopic (exact) mass is 420 g/mol. The van der Waals surface area contributed by atoms with Crippen molar-refractivity contribution >= 4 is 43.5 Å². The van der Waals surface area contributed by atoms with E-state index in [1.54, 1.807) is 7.11 Å². The van der Waals surface area contributed by atoms with Gasteiger partial charge in [0.1, 0.15) is 5.75 Å². The van der Waals surface area contributed by atoms with Gasteiger partial charge >= 0.3 is 0 Å². The SMILES string of the molecule is COc1cc(NCC(=O)NC2CCOCC2)c(Br)cc1Br. The first-order valence-electron chi connectivity index (χ1n) is 6.74. The molecule has 1 fully saturated rings. The summed E-state index contributed by atoms with van der Waals surface area (Å²) in [5.41, 5.74) is 0.817. The Labute approximate surface area is 141 Å². The Morgan fingerprint density at radius 3 is 2.71 bits per heavy atom. The highest BCUT2D eigenvalue weighted by atomic mass is 79.9. The summed E-state index contributed by atoms with van der Waals surface area (Å²) >= 11 is 6.88. The molecule has 21 heavy (non-hydrogen) atoms. The minimum atomic E-state index is -0.0179. The van der Waals surface area contributed by atoms with Crippen molar-refractivity contribution in [3.8, 4) is 5.75 Å². The van der Waals surface area contributed by atoms with E-state index in [2.05, 4.69) is 42.5 Å². The van der Waals surface area contributed by atoms with Crippen molar-refractivity contribution in [1.82, 2.24) is 5.32 Å². The number of hydrogen-bond donors (Lipinski definition) is 2. The minimum Gasteiger partial charge on any atom is -0.495 e. The molecule has 2 N–H and O–H groups in total. The molecular formula is C14H18Br2N2O3. The molecular weight excluding hydrogens is 404 g/mol. The topological polar surface area (TPSA) is 59.6 Å². The van der Waals surface area contributed by atoms with E-state index in [1.165, 1.54) is 0 Å². The number of benzene rings is 1. The molecule has 0 bridgehead atoms. The van der Waals surface area contributed by atoms with Crippen molar-refractivity contribution in [2.75, 3.05) is 32.2 Å². The summed E-state index contributed by atoms with van der Waals surface area (Å²) in [5.74, 6) is 0.696. The largest absolute Gasteiger partial charge is 0.495 e. The van der Waals surface area contributed by atoms with E-state index in [1.807, 2.05) is 12.1 Å². The number of ether oxygens (including phenoxy) is 2. The Hall–Kier alpha value is -0.790. The second-order valence-corrected chi connectivity index (χ2v) is 6.48. The van der Waals surface area contributed by atoms with Gasteiger partial charge in [-0.25, -0.2) is 0 Å². The van der Waals surface area contributed by atoms with Crippen LogP contribution < -0.4 is 15.4 Å². The van der Waals surface area contributed by atoms with E-state index < -0.39 is 0 Å². The minimum absolute atomic E-state index is 0.0179. The van der Waals surface area contributed by atoms with Gasteiger partial charge in [0.15, 0.2) is 0 Å². The maximum absolute atomic E-state index is 11.9. The molecule has 1 aromatic rings. The molecule has 0 radical (unpaired) electrons. The number of rotatable bonds is 5. The third kappa shape index (κ3) is 4.86. The lowest BCUT2D eigenvalue weighted by Gasteiger charge is -2.23. The van der Waals surface area contributed by atoms with Crippen LogP contribution in [0.2, 0.25) is 0 Å². The number of amides is 1. The van der Waals surface area contributed by atoms with E-state index in [0.717, 1.165) is 27.5 Å². The molecule has 0 spiro atoms. The Kier molecular flexibility index (Phi) is 6.32. The van der Waals surface area contributed by atoms with E-state index in [-0.39, 0.29) is 18.5 Å². The lowest BCUT2D eigenvalue weighted by atomic mass is 10.1. The average molecular weight is 422 g/mol. The number of carbonyl (C=O) groups excluding carboxylic acids is 1. The summed E-state index contributed by atoms with van der Waals surface area (Å²) in [4.78, 5) is 11.9. The first kappa shape index (κ1) is 16.6. The van der Waals surface area contributed by atoms with Crippen LogP contribution >= 0.6 is 31.9 Å². The van der Waals surface area contributed by atoms with E-state index in [4.69, 9.17) is 9.47 Å². The third-order valence-electron chi connectivity index (χ3n) is 3.27. The highest BCUT2D eigenvalue weighted by Crippen LogP contribution is 2.34. The van der Waals surface area contributed by atoms with Gasteiger partial charge in [0.2, 0.25) is 5.91 Å². The van der Waals surface area contributed by atoms with Crippen LogP contribution in [0.3, 0.4) is 0 Å². The molecule has 1 saturated heterocycles. The Morgan fingerprint density at radius 2 is 2.05 bits per heavy atom. The molecule has 1 heterocycles. The maximum Gasteiger partial charge on any atom is 0.239 e. The third-order valence-corrected chi connectivity index (χ3v) is 4.54. The summed E-state index contributed by atoms with van der Waals surface area (Å²) in [5, 5.41) is 6.12. The van der Waals surface area contributed by atoms with Crippen LogP contribution in [0.1, 0.15) is 12.8 Å². The fourth-order valence-electron chi connectivity index (χ4n) is 2.12. The summed E-state index contributed by atoms with van der Waals surface area (Å²) in [6.45, 7) is 1.66. The highest BCUT2D eigenvalue weighted by Gasteiger charge is 2.16. The fraction of sp³-hybridized carbons (Fsp3) is 0.500. The first-order valence-corrected chi connectivity index (χ1v) is 8.32. The zero-order chi connectivity index (χ0) is 15.2. The number of anilines is 1. The van der Waals surface area contributed by atoms with Gasteiger partial charge in [0.05, 0.1) is 23.8 Å². The molecule has 0 unspecified atom stereocenters. The summed E-state index contributed by atoms with van der Waals surface area (Å²) in [6, 6.07) is 3.95. The van der Waals surface area contributed by atoms with Gasteiger partial charge in [-0.2, -0.15) is 0 Å². The molecule has 1 aliphatic heterocycles. The Balaban J connectivity index is 1.88. The number of carbonyl (C=O) groups is 1. The molecule has 7 heteroatoms. The summed E-state index contributed by atoms with van der Waals surface area (Å²) in [6.07, 6.45) is 1.75. The number of halogens is 2.